The molecule has 3 rings (SSSR count). The van der Waals surface area contributed by atoms with Crippen LogP contribution in [0, 0.1) is 17.1 Å². The van der Waals surface area contributed by atoms with Crippen molar-refractivity contribution in [1.29, 1.82) is 5.26 Å². The summed E-state index contributed by atoms with van der Waals surface area (Å²) in [5.74, 6) is -2.19. The van der Waals surface area contributed by atoms with Gasteiger partial charge in [-0.15, -0.1) is 5.10 Å². The number of carbonyl (C=O) groups excluding carboxylic acids is 1. The molecule has 9 nitrogen and oxygen atoms in total. The second-order valence-corrected chi connectivity index (χ2v) is 8.20. The lowest BCUT2D eigenvalue weighted by molar-refractivity contribution is -0.139. The first-order valence-corrected chi connectivity index (χ1v) is 10.5. The zero-order chi connectivity index (χ0) is 27.6. The Labute approximate surface area is 220 Å². The van der Waals surface area contributed by atoms with Crippen molar-refractivity contribution in [3.05, 3.63) is 70.9 Å². The monoisotopic (exact) mass is 485 g/mol. The van der Waals surface area contributed by atoms with Gasteiger partial charge in [0.25, 0.3) is 0 Å². The van der Waals surface area contributed by atoms with Crippen LogP contribution < -0.4 is 10.5 Å². The molecule has 0 spiro atoms. The smallest absolute Gasteiger partial charge is 0.312 e. The number of ether oxygens (including phenoxy) is 1. The third-order valence-electron chi connectivity index (χ3n) is 5.25. The van der Waals surface area contributed by atoms with Gasteiger partial charge in [0.15, 0.2) is 0 Å². The molecule has 0 bridgehead atoms. The predicted octanol–water partition coefficient (Wildman–Crippen LogP) is -1.27. The van der Waals surface area contributed by atoms with Gasteiger partial charge >= 0.3 is 6.01 Å². The highest BCUT2D eigenvalue weighted by Gasteiger charge is 2.39. The van der Waals surface area contributed by atoms with E-state index in [1.807, 2.05) is 6.07 Å². The number of amides is 1. The highest BCUT2D eigenvalue weighted by atomic mass is 19.1. The second kappa shape index (κ2) is 10.4. The van der Waals surface area contributed by atoms with Crippen LogP contribution >= 0.6 is 0 Å². The molecule has 0 aliphatic heterocycles. The van der Waals surface area contributed by atoms with Crippen molar-refractivity contribution >= 4 is 59.0 Å². The Balaban J connectivity index is 1.96. The van der Waals surface area contributed by atoms with Gasteiger partial charge in [0.05, 0.1) is 49.6 Å². The Morgan fingerprint density at radius 1 is 1.14 bits per heavy atom. The van der Waals surface area contributed by atoms with Crippen molar-refractivity contribution in [2.75, 3.05) is 5.73 Å². The maximum atomic E-state index is 14.6. The van der Waals surface area contributed by atoms with Gasteiger partial charge in [0.2, 0.25) is 11.8 Å². The molecule has 12 radical (unpaired) electrons. The lowest BCUT2D eigenvalue weighted by atomic mass is 9.33. The fourth-order valence-corrected chi connectivity index (χ4v) is 3.23. The number of para-hydroxylation sites is 1. The van der Waals surface area contributed by atoms with E-state index in [9.17, 15) is 14.3 Å². The van der Waals surface area contributed by atoms with Gasteiger partial charge in [-0.1, -0.05) is 34.6 Å². The van der Waals surface area contributed by atoms with E-state index in [2.05, 4.69) is 10.2 Å². The van der Waals surface area contributed by atoms with Gasteiger partial charge < -0.3 is 24.9 Å². The molecule has 1 heterocycles. The number of hydrogen-bond acceptors (Lipinski definition) is 8. The van der Waals surface area contributed by atoms with Gasteiger partial charge in [-0.3, -0.25) is 4.79 Å². The Morgan fingerprint density at radius 2 is 1.81 bits per heavy atom. The number of aliphatic hydroxyl groups is 1. The van der Waals surface area contributed by atoms with Crippen LogP contribution in [0.25, 0.3) is 0 Å². The molecule has 0 fully saturated rings. The first kappa shape index (κ1) is 28.0. The number of benzene rings is 2. The SMILES string of the molecule is [B]C([B])(Oc1ccccc1C([B])([B])C([B])([B])O)C(=O)N(Cc1nnc(N)o1)Cc1ccc(C#N)cc1F. The van der Waals surface area contributed by atoms with Crippen LogP contribution in [-0.4, -0.2) is 84.0 Å². The fraction of sp³-hybridized carbons (Fsp3) is 0.238. The predicted molar refractivity (Wildman–Crippen MR) is 135 cm³/mol. The summed E-state index contributed by atoms with van der Waals surface area (Å²) in [4.78, 5) is 14.4. The highest BCUT2D eigenvalue weighted by molar-refractivity contribution is 6.54. The van der Waals surface area contributed by atoms with E-state index in [0.717, 1.165) is 11.0 Å². The van der Waals surface area contributed by atoms with Crippen LogP contribution in [0.4, 0.5) is 10.4 Å². The number of nitriles is 1. The lowest BCUT2D eigenvalue weighted by Gasteiger charge is -2.42. The molecule has 172 valence electrons. The van der Waals surface area contributed by atoms with Crippen LogP contribution in [0.3, 0.4) is 0 Å². The maximum Gasteiger partial charge on any atom is 0.312 e. The third kappa shape index (κ3) is 6.23. The Bertz CT molecular complexity index is 1340. The van der Waals surface area contributed by atoms with Crippen molar-refractivity contribution in [3.63, 3.8) is 0 Å². The topological polar surface area (TPSA) is 138 Å². The van der Waals surface area contributed by atoms with Gasteiger partial charge in [-0.2, -0.15) is 5.26 Å². The van der Waals surface area contributed by atoms with Crippen LogP contribution in [0.5, 0.6) is 5.75 Å². The quantitative estimate of drug-likeness (QED) is 0.359. The van der Waals surface area contributed by atoms with Gasteiger partial charge in [-0.05, 0) is 29.2 Å². The van der Waals surface area contributed by atoms with Crippen molar-refractivity contribution in [3.8, 4) is 11.8 Å². The average molecular weight is 484 g/mol. The normalized spacial score (nSPS) is 12.0. The van der Waals surface area contributed by atoms with Gasteiger partial charge in [0, 0.05) is 12.1 Å². The molecule has 3 aromatic rings. The van der Waals surface area contributed by atoms with Crippen molar-refractivity contribution < 1.29 is 23.4 Å². The number of rotatable bonds is 9. The van der Waals surface area contributed by atoms with E-state index in [-0.39, 0.29) is 34.3 Å². The zero-order valence-corrected chi connectivity index (χ0v) is 19.3. The Hall–Kier alpha value is -3.58. The number of halogens is 1. The van der Waals surface area contributed by atoms with E-state index >= 15 is 0 Å². The Kier molecular flexibility index (Phi) is 7.89. The summed E-state index contributed by atoms with van der Waals surface area (Å²) in [6.45, 7) is -0.796. The molecule has 37 heavy (non-hydrogen) atoms. The highest BCUT2D eigenvalue weighted by Crippen LogP contribution is 2.34. The van der Waals surface area contributed by atoms with E-state index in [0.29, 0.717) is 0 Å². The summed E-state index contributed by atoms with van der Waals surface area (Å²) in [5, 5.41) is 18.7. The summed E-state index contributed by atoms with van der Waals surface area (Å²) in [6, 6.07) is 10.8. The number of aromatic nitrogens is 2. The molecule has 0 saturated heterocycles. The van der Waals surface area contributed by atoms with E-state index in [4.69, 9.17) is 67.2 Å². The molecular formula is C21H14B6FN5O4. The number of nitrogens with two attached hydrogens (primary N) is 1. The van der Waals surface area contributed by atoms with Crippen molar-refractivity contribution in [2.24, 2.45) is 0 Å². The molecular weight excluding hydrogens is 470 g/mol. The van der Waals surface area contributed by atoms with Crippen LogP contribution in [0.2, 0.25) is 0 Å². The van der Waals surface area contributed by atoms with Crippen LogP contribution in [0.1, 0.15) is 22.6 Å². The molecule has 0 atom stereocenters. The minimum Gasteiger partial charge on any atom is -0.497 e. The van der Waals surface area contributed by atoms with E-state index in [1.165, 1.54) is 36.4 Å². The summed E-state index contributed by atoms with van der Waals surface area (Å²) < 4.78 is 25.3. The number of hydrogen-bond donors (Lipinski definition) is 2. The van der Waals surface area contributed by atoms with E-state index in [1.54, 1.807) is 0 Å². The summed E-state index contributed by atoms with van der Waals surface area (Å²) >= 11 is 0. The average Bonchev–Trinajstić information content (AvgIpc) is 3.23. The number of nitrogen functional groups attached to an aromatic ring is 1. The molecule has 16 heteroatoms. The summed E-state index contributed by atoms with van der Waals surface area (Å²) in [6.07, 6.45) is 0. The maximum absolute atomic E-state index is 14.6. The van der Waals surface area contributed by atoms with Crippen LogP contribution in [-0.2, 0) is 23.1 Å². The molecule has 2 aromatic carbocycles. The van der Waals surface area contributed by atoms with Crippen molar-refractivity contribution in [1.82, 2.24) is 15.1 Å². The van der Waals surface area contributed by atoms with Gasteiger partial charge in [-0.25, -0.2) is 4.39 Å². The number of anilines is 1. The zero-order valence-electron chi connectivity index (χ0n) is 19.3. The molecule has 3 N–H and O–H groups in total. The van der Waals surface area contributed by atoms with Gasteiger partial charge in [0.1, 0.15) is 32.7 Å². The number of nitrogens with zero attached hydrogens (tertiary/aromatic N) is 4. The minimum absolute atomic E-state index is 0.00954. The fourth-order valence-electron chi connectivity index (χ4n) is 3.23. The summed E-state index contributed by atoms with van der Waals surface area (Å²) in [7, 11) is 34.9. The first-order valence-electron chi connectivity index (χ1n) is 10.5. The molecule has 0 aliphatic rings. The standard InChI is InChI=1S/C21H14B6FN5O4/c22-19(23,21(26,27)35)13-3-1-2-4-15(13)37-20(24,25)17(34)33(10-16-31-32-18(30)36-16)9-12-6-5-11(8-29)7-14(12)28/h1-7,35H,9-10H2,(H2,30,32). The molecule has 1 aromatic heterocycles. The molecule has 0 unspecified atom stereocenters. The van der Waals surface area contributed by atoms with E-state index < -0.39 is 40.8 Å². The lowest BCUT2D eigenvalue weighted by Crippen LogP contribution is -2.56. The molecule has 1 amide bonds. The third-order valence-corrected chi connectivity index (χ3v) is 5.25. The minimum atomic E-state index is -2.61. The summed E-state index contributed by atoms with van der Waals surface area (Å²) in [5.41, 5.74) is 5.39. The van der Waals surface area contributed by atoms with Crippen LogP contribution in [0.15, 0.2) is 46.9 Å². The number of carbonyl (C=O) groups is 1. The first-order chi connectivity index (χ1) is 17.2. The molecule has 0 saturated carbocycles. The Morgan fingerprint density at radius 3 is 2.38 bits per heavy atom. The largest absolute Gasteiger partial charge is 0.497 e. The van der Waals surface area contributed by atoms with Crippen molar-refractivity contribution in [2.45, 2.75) is 29.1 Å². The second-order valence-electron chi connectivity index (χ2n) is 8.20. The molecule has 0 aliphatic carbocycles.